The lowest BCUT2D eigenvalue weighted by Gasteiger charge is -2.19. The third kappa shape index (κ3) is 5.18. The Balaban J connectivity index is 2.03. The zero-order valence-electron chi connectivity index (χ0n) is 17.2. The molecule has 0 fully saturated rings. The number of rotatable bonds is 8. The van der Waals surface area contributed by atoms with Crippen molar-refractivity contribution >= 4 is 10.0 Å². The Morgan fingerprint density at radius 3 is 2.22 bits per heavy atom. The normalized spacial score (nSPS) is 13.9. The van der Waals surface area contributed by atoms with Crippen LogP contribution in [0.4, 0.5) is 0 Å². The second kappa shape index (κ2) is 8.54. The predicted octanol–water partition coefficient (Wildman–Crippen LogP) is 3.52. The SMILES string of the molecule is CCN(CC)S(=O)(=O)c1ccc(C(C)NCc2cnn(C(C)(C)C)c2)cc1. The number of sulfonamides is 1. The summed E-state index contributed by atoms with van der Waals surface area (Å²) in [6.45, 7) is 13.8. The molecule has 0 spiro atoms. The molecule has 1 unspecified atom stereocenters. The monoisotopic (exact) mass is 392 g/mol. The Kier molecular flexibility index (Phi) is 6.83. The lowest BCUT2D eigenvalue weighted by Crippen LogP contribution is -2.30. The van der Waals surface area contributed by atoms with E-state index >= 15 is 0 Å². The van der Waals surface area contributed by atoms with Crippen molar-refractivity contribution in [1.29, 1.82) is 0 Å². The highest BCUT2D eigenvalue weighted by atomic mass is 32.2. The highest BCUT2D eigenvalue weighted by Crippen LogP contribution is 2.20. The predicted molar refractivity (Wildman–Crippen MR) is 109 cm³/mol. The van der Waals surface area contributed by atoms with Crippen molar-refractivity contribution in [1.82, 2.24) is 19.4 Å². The van der Waals surface area contributed by atoms with E-state index in [1.807, 2.05) is 36.9 Å². The maximum Gasteiger partial charge on any atom is 0.243 e. The molecule has 1 heterocycles. The molecule has 6 nitrogen and oxygen atoms in total. The zero-order valence-corrected chi connectivity index (χ0v) is 18.0. The van der Waals surface area contributed by atoms with Crippen LogP contribution in [0.25, 0.3) is 0 Å². The highest BCUT2D eigenvalue weighted by Gasteiger charge is 2.21. The summed E-state index contributed by atoms with van der Waals surface area (Å²) in [5.74, 6) is 0. The summed E-state index contributed by atoms with van der Waals surface area (Å²) in [5, 5.41) is 7.88. The van der Waals surface area contributed by atoms with E-state index in [-0.39, 0.29) is 11.6 Å². The first-order chi connectivity index (χ1) is 12.6. The third-order valence-electron chi connectivity index (χ3n) is 4.66. The minimum Gasteiger partial charge on any atom is -0.306 e. The van der Waals surface area contributed by atoms with E-state index in [4.69, 9.17) is 0 Å². The summed E-state index contributed by atoms with van der Waals surface area (Å²) in [4.78, 5) is 0.341. The van der Waals surface area contributed by atoms with Crippen LogP contribution >= 0.6 is 0 Å². The minimum absolute atomic E-state index is 0.0317. The second-order valence-electron chi connectivity index (χ2n) is 7.72. The smallest absolute Gasteiger partial charge is 0.243 e. The van der Waals surface area contributed by atoms with Gasteiger partial charge in [0.1, 0.15) is 0 Å². The summed E-state index contributed by atoms with van der Waals surface area (Å²) in [7, 11) is -3.41. The van der Waals surface area contributed by atoms with E-state index in [0.717, 1.165) is 11.1 Å². The van der Waals surface area contributed by atoms with Crippen LogP contribution in [0.3, 0.4) is 0 Å². The number of hydrogen-bond donors (Lipinski definition) is 1. The summed E-state index contributed by atoms with van der Waals surface area (Å²) in [6.07, 6.45) is 3.93. The molecular formula is C20H32N4O2S. The highest BCUT2D eigenvalue weighted by molar-refractivity contribution is 7.89. The molecule has 0 radical (unpaired) electrons. The maximum absolute atomic E-state index is 12.6. The minimum atomic E-state index is -3.41. The van der Waals surface area contributed by atoms with Gasteiger partial charge in [0.15, 0.2) is 0 Å². The molecule has 0 saturated carbocycles. The number of hydrogen-bond acceptors (Lipinski definition) is 4. The molecule has 0 aliphatic heterocycles. The van der Waals surface area contributed by atoms with Crippen LogP contribution in [0.2, 0.25) is 0 Å². The van der Waals surface area contributed by atoms with Gasteiger partial charge in [-0.1, -0.05) is 26.0 Å². The summed E-state index contributed by atoms with van der Waals surface area (Å²) >= 11 is 0. The molecule has 2 rings (SSSR count). The Bertz CT molecular complexity index is 832. The van der Waals surface area contributed by atoms with Gasteiger partial charge in [-0.25, -0.2) is 8.42 Å². The Labute approximate surface area is 163 Å². The van der Waals surface area contributed by atoms with Gasteiger partial charge in [0.2, 0.25) is 10.0 Å². The van der Waals surface area contributed by atoms with Crippen LogP contribution in [-0.4, -0.2) is 35.6 Å². The van der Waals surface area contributed by atoms with Crippen molar-refractivity contribution in [2.45, 2.75) is 64.6 Å². The van der Waals surface area contributed by atoms with Crippen LogP contribution < -0.4 is 5.32 Å². The van der Waals surface area contributed by atoms with Gasteiger partial charge in [-0.05, 0) is 45.4 Å². The lowest BCUT2D eigenvalue weighted by atomic mass is 10.1. The molecule has 0 bridgehead atoms. The molecule has 1 aromatic heterocycles. The first-order valence-corrected chi connectivity index (χ1v) is 10.9. The maximum atomic E-state index is 12.6. The van der Waals surface area contributed by atoms with E-state index in [1.54, 1.807) is 12.1 Å². The fraction of sp³-hybridized carbons (Fsp3) is 0.550. The second-order valence-corrected chi connectivity index (χ2v) is 9.66. The van der Waals surface area contributed by atoms with Crippen LogP contribution in [0, 0.1) is 0 Å². The van der Waals surface area contributed by atoms with Crippen LogP contribution in [0.5, 0.6) is 0 Å². The van der Waals surface area contributed by atoms with Gasteiger partial charge in [0.25, 0.3) is 0 Å². The van der Waals surface area contributed by atoms with Crippen LogP contribution in [0.1, 0.15) is 58.7 Å². The van der Waals surface area contributed by atoms with Crippen molar-refractivity contribution in [2.24, 2.45) is 0 Å². The molecule has 150 valence electrons. The van der Waals surface area contributed by atoms with E-state index in [0.29, 0.717) is 24.5 Å². The summed E-state index contributed by atoms with van der Waals surface area (Å²) in [6, 6.07) is 7.25. The van der Waals surface area contributed by atoms with Gasteiger partial charge < -0.3 is 5.32 Å². The molecule has 0 saturated heterocycles. The molecule has 7 heteroatoms. The first kappa shape index (κ1) is 21.6. The average molecular weight is 393 g/mol. The number of benzene rings is 1. The summed E-state index contributed by atoms with van der Waals surface area (Å²) < 4.78 is 28.6. The largest absolute Gasteiger partial charge is 0.306 e. The van der Waals surface area contributed by atoms with E-state index in [1.165, 1.54) is 4.31 Å². The fourth-order valence-electron chi connectivity index (χ4n) is 2.85. The topological polar surface area (TPSA) is 67.2 Å². The van der Waals surface area contributed by atoms with Gasteiger partial charge in [-0.3, -0.25) is 4.68 Å². The van der Waals surface area contributed by atoms with E-state index in [9.17, 15) is 8.42 Å². The van der Waals surface area contributed by atoms with Crippen molar-refractivity contribution in [2.75, 3.05) is 13.1 Å². The molecule has 1 atom stereocenters. The Hall–Kier alpha value is -1.70. The van der Waals surface area contributed by atoms with Crippen molar-refractivity contribution in [3.63, 3.8) is 0 Å². The Morgan fingerprint density at radius 2 is 1.74 bits per heavy atom. The van der Waals surface area contributed by atoms with Gasteiger partial charge in [0, 0.05) is 37.4 Å². The molecule has 0 amide bonds. The average Bonchev–Trinajstić information content (AvgIpc) is 3.10. The van der Waals surface area contributed by atoms with Crippen molar-refractivity contribution in [3.05, 3.63) is 47.8 Å². The van der Waals surface area contributed by atoms with E-state index in [2.05, 4.69) is 44.3 Å². The number of nitrogens with one attached hydrogen (secondary N) is 1. The fourth-order valence-corrected chi connectivity index (χ4v) is 4.31. The first-order valence-electron chi connectivity index (χ1n) is 9.47. The molecule has 0 aliphatic rings. The van der Waals surface area contributed by atoms with Gasteiger partial charge in [-0.15, -0.1) is 0 Å². The molecule has 2 aromatic rings. The molecule has 1 N–H and O–H groups in total. The number of aromatic nitrogens is 2. The quantitative estimate of drug-likeness (QED) is 0.746. The molecule has 0 aliphatic carbocycles. The van der Waals surface area contributed by atoms with E-state index < -0.39 is 10.0 Å². The van der Waals surface area contributed by atoms with Gasteiger partial charge in [0.05, 0.1) is 16.6 Å². The van der Waals surface area contributed by atoms with Crippen LogP contribution in [-0.2, 0) is 22.1 Å². The zero-order chi connectivity index (χ0) is 20.2. The molecule has 27 heavy (non-hydrogen) atoms. The van der Waals surface area contributed by atoms with Crippen molar-refractivity contribution < 1.29 is 8.42 Å². The molecule has 1 aromatic carbocycles. The third-order valence-corrected chi connectivity index (χ3v) is 6.72. The molecular weight excluding hydrogens is 360 g/mol. The van der Waals surface area contributed by atoms with Gasteiger partial charge >= 0.3 is 0 Å². The number of nitrogens with zero attached hydrogens (tertiary/aromatic N) is 3. The standard InChI is InChI=1S/C20H32N4O2S/c1-7-23(8-2)27(25,26)19-11-9-18(10-12-19)16(3)21-13-17-14-22-24(15-17)20(4,5)6/h9-12,14-16,21H,7-8,13H2,1-6H3. The van der Waals surface area contributed by atoms with Crippen LogP contribution in [0.15, 0.2) is 41.6 Å². The Morgan fingerprint density at radius 1 is 1.15 bits per heavy atom. The lowest BCUT2D eigenvalue weighted by molar-refractivity contribution is 0.355. The van der Waals surface area contributed by atoms with Gasteiger partial charge in [-0.2, -0.15) is 9.40 Å². The van der Waals surface area contributed by atoms with Crippen molar-refractivity contribution in [3.8, 4) is 0 Å². The summed E-state index contributed by atoms with van der Waals surface area (Å²) in [5.41, 5.74) is 2.14.